The normalized spacial score (nSPS) is 12.0. The second-order valence-electron chi connectivity index (χ2n) is 5.08. The molecule has 6 heteroatoms. The quantitative estimate of drug-likeness (QED) is 0.524. The van der Waals surface area contributed by atoms with Gasteiger partial charge in [-0.3, -0.25) is 9.69 Å². The van der Waals surface area contributed by atoms with E-state index in [0.29, 0.717) is 6.54 Å². The van der Waals surface area contributed by atoms with E-state index in [2.05, 4.69) is 6.58 Å². The number of hydrogen-bond acceptors (Lipinski definition) is 5. The number of aliphatic hydroxyl groups excluding tert-OH is 1. The molecule has 0 heterocycles. The van der Waals surface area contributed by atoms with Crippen LogP contribution in [-0.4, -0.2) is 52.9 Å². The first-order chi connectivity index (χ1) is 10.4. The number of esters is 1. The molecule has 0 spiro atoms. The van der Waals surface area contributed by atoms with Crippen LogP contribution in [0.15, 0.2) is 42.5 Å². The molecule has 2 N–H and O–H groups in total. The predicted molar refractivity (Wildman–Crippen MR) is 81.1 cm³/mol. The van der Waals surface area contributed by atoms with Crippen LogP contribution in [0.1, 0.15) is 12.5 Å². The summed E-state index contributed by atoms with van der Waals surface area (Å²) in [7, 11) is 0. The van der Waals surface area contributed by atoms with Crippen LogP contribution in [0.25, 0.3) is 0 Å². The van der Waals surface area contributed by atoms with Gasteiger partial charge < -0.3 is 14.9 Å². The Labute approximate surface area is 129 Å². The first kappa shape index (κ1) is 17.9. The third kappa shape index (κ3) is 7.01. The zero-order valence-electron chi connectivity index (χ0n) is 12.6. The number of hydrogen-bond donors (Lipinski definition) is 2. The Morgan fingerprint density at radius 2 is 1.95 bits per heavy atom. The van der Waals surface area contributed by atoms with Gasteiger partial charge in [-0.1, -0.05) is 36.9 Å². The molecule has 0 aliphatic heterocycles. The van der Waals surface area contributed by atoms with E-state index in [-0.39, 0.29) is 25.3 Å². The van der Waals surface area contributed by atoms with Gasteiger partial charge in [-0.15, -0.1) is 0 Å². The van der Waals surface area contributed by atoms with Crippen LogP contribution in [0.5, 0.6) is 0 Å². The fraction of sp³-hybridized carbons (Fsp3) is 0.375. The highest BCUT2D eigenvalue weighted by Crippen LogP contribution is 2.06. The van der Waals surface area contributed by atoms with Gasteiger partial charge in [0.05, 0.1) is 6.54 Å². The molecule has 6 nitrogen and oxygen atoms in total. The van der Waals surface area contributed by atoms with Crippen LogP contribution >= 0.6 is 0 Å². The number of aliphatic carboxylic acids is 1. The van der Waals surface area contributed by atoms with Crippen molar-refractivity contribution in [3.63, 3.8) is 0 Å². The monoisotopic (exact) mass is 307 g/mol. The molecule has 1 atom stereocenters. The third-order valence-corrected chi connectivity index (χ3v) is 2.83. The molecule has 0 radical (unpaired) electrons. The van der Waals surface area contributed by atoms with Crippen LogP contribution in [0, 0.1) is 0 Å². The zero-order chi connectivity index (χ0) is 16.5. The van der Waals surface area contributed by atoms with E-state index in [9.17, 15) is 14.7 Å². The smallest absolute Gasteiger partial charge is 0.333 e. The van der Waals surface area contributed by atoms with Gasteiger partial charge >= 0.3 is 11.9 Å². The second-order valence-corrected chi connectivity index (χ2v) is 5.08. The number of carbonyl (C=O) groups excluding carboxylic acids is 1. The van der Waals surface area contributed by atoms with Gasteiger partial charge in [0.2, 0.25) is 0 Å². The van der Waals surface area contributed by atoms with Crippen molar-refractivity contribution in [2.24, 2.45) is 0 Å². The molecule has 0 saturated carbocycles. The average molecular weight is 307 g/mol. The molecule has 0 bridgehead atoms. The maximum Gasteiger partial charge on any atom is 0.333 e. The van der Waals surface area contributed by atoms with Crippen LogP contribution in [0.4, 0.5) is 0 Å². The van der Waals surface area contributed by atoms with Crippen molar-refractivity contribution in [3.8, 4) is 0 Å². The minimum atomic E-state index is -0.984. The first-order valence-corrected chi connectivity index (χ1v) is 6.87. The Morgan fingerprint density at radius 3 is 2.50 bits per heavy atom. The summed E-state index contributed by atoms with van der Waals surface area (Å²) in [6, 6.07) is 9.35. The molecule has 0 amide bonds. The lowest BCUT2D eigenvalue weighted by molar-refractivity contribution is -0.144. The van der Waals surface area contributed by atoms with Gasteiger partial charge in [-0.05, 0) is 12.5 Å². The number of rotatable bonds is 9. The number of benzene rings is 1. The number of carboxylic acids is 1. The van der Waals surface area contributed by atoms with Crippen LogP contribution in [0.2, 0.25) is 0 Å². The molecule has 0 aliphatic rings. The standard InChI is InChI=1S/C16H21NO5/c1-12(2)16(21)22-11-14(18)9-17(10-15(19)20)8-13-6-4-3-5-7-13/h3-7,14,18H,1,8-11H2,2H3,(H,19,20). The molecule has 22 heavy (non-hydrogen) atoms. The van der Waals surface area contributed by atoms with E-state index in [1.165, 1.54) is 6.92 Å². The van der Waals surface area contributed by atoms with E-state index in [4.69, 9.17) is 9.84 Å². The van der Waals surface area contributed by atoms with Crippen molar-refractivity contribution in [1.29, 1.82) is 0 Å². The Hall–Kier alpha value is -2.18. The van der Waals surface area contributed by atoms with Crippen LogP contribution < -0.4 is 0 Å². The van der Waals surface area contributed by atoms with Crippen molar-refractivity contribution >= 4 is 11.9 Å². The topological polar surface area (TPSA) is 87.1 Å². The summed E-state index contributed by atoms with van der Waals surface area (Å²) in [6.45, 7) is 5.03. The molecule has 0 aliphatic carbocycles. The van der Waals surface area contributed by atoms with Gasteiger partial charge in [0, 0.05) is 18.7 Å². The van der Waals surface area contributed by atoms with Crippen LogP contribution in [-0.2, 0) is 20.9 Å². The Balaban J connectivity index is 2.55. The Morgan fingerprint density at radius 1 is 1.32 bits per heavy atom. The SMILES string of the molecule is C=C(C)C(=O)OCC(O)CN(CC(=O)O)Cc1ccccc1. The molecule has 1 unspecified atom stereocenters. The third-order valence-electron chi connectivity index (χ3n) is 2.83. The summed E-state index contributed by atoms with van der Waals surface area (Å²) in [5.74, 6) is -1.56. The fourth-order valence-corrected chi connectivity index (χ4v) is 1.86. The summed E-state index contributed by atoms with van der Waals surface area (Å²) < 4.78 is 4.86. The highest BCUT2D eigenvalue weighted by Gasteiger charge is 2.17. The molecular formula is C16H21NO5. The van der Waals surface area contributed by atoms with Crippen molar-refractivity contribution in [2.45, 2.75) is 19.6 Å². The van der Waals surface area contributed by atoms with Gasteiger partial charge in [0.15, 0.2) is 0 Å². The first-order valence-electron chi connectivity index (χ1n) is 6.87. The number of nitrogens with zero attached hydrogens (tertiary/aromatic N) is 1. The van der Waals surface area contributed by atoms with Crippen molar-refractivity contribution in [1.82, 2.24) is 4.90 Å². The van der Waals surface area contributed by atoms with E-state index in [1.54, 1.807) is 4.90 Å². The summed E-state index contributed by atoms with van der Waals surface area (Å²) in [4.78, 5) is 23.8. The van der Waals surface area contributed by atoms with E-state index in [1.807, 2.05) is 30.3 Å². The molecule has 1 aromatic rings. The van der Waals surface area contributed by atoms with Crippen molar-refractivity contribution in [3.05, 3.63) is 48.0 Å². The number of carbonyl (C=O) groups is 2. The predicted octanol–water partition coefficient (Wildman–Crippen LogP) is 1.05. The molecule has 0 aromatic heterocycles. The summed E-state index contributed by atoms with van der Waals surface area (Å²) in [5, 5.41) is 18.8. The lowest BCUT2D eigenvalue weighted by Gasteiger charge is -2.23. The number of carboxylic acid groups (broad SMARTS) is 1. The lowest BCUT2D eigenvalue weighted by Crippen LogP contribution is -2.38. The molecule has 0 fully saturated rings. The minimum absolute atomic E-state index is 0.0880. The van der Waals surface area contributed by atoms with Crippen LogP contribution in [0.3, 0.4) is 0 Å². The molecule has 1 rings (SSSR count). The second kappa shape index (κ2) is 8.96. The van der Waals surface area contributed by atoms with E-state index < -0.39 is 18.0 Å². The lowest BCUT2D eigenvalue weighted by atomic mass is 10.2. The number of aliphatic hydroxyl groups is 1. The highest BCUT2D eigenvalue weighted by molar-refractivity contribution is 5.86. The van der Waals surface area contributed by atoms with E-state index in [0.717, 1.165) is 5.56 Å². The maximum absolute atomic E-state index is 11.3. The maximum atomic E-state index is 11.3. The summed E-state index contributed by atoms with van der Waals surface area (Å²) in [5.41, 5.74) is 1.19. The molecule has 120 valence electrons. The van der Waals surface area contributed by atoms with Crippen molar-refractivity contribution < 1.29 is 24.5 Å². The van der Waals surface area contributed by atoms with Gasteiger partial charge in [-0.2, -0.15) is 0 Å². The molecule has 0 saturated heterocycles. The summed E-state index contributed by atoms with van der Waals surface area (Å²) >= 11 is 0. The molecular weight excluding hydrogens is 286 g/mol. The highest BCUT2D eigenvalue weighted by atomic mass is 16.5. The summed E-state index contributed by atoms with van der Waals surface area (Å²) in [6.07, 6.45) is -0.966. The van der Waals surface area contributed by atoms with Gasteiger partial charge in [0.25, 0.3) is 0 Å². The average Bonchev–Trinajstić information content (AvgIpc) is 2.44. The zero-order valence-corrected chi connectivity index (χ0v) is 12.6. The van der Waals surface area contributed by atoms with Gasteiger partial charge in [0.1, 0.15) is 12.7 Å². The minimum Gasteiger partial charge on any atom is -0.480 e. The van der Waals surface area contributed by atoms with Gasteiger partial charge in [-0.25, -0.2) is 4.79 Å². The largest absolute Gasteiger partial charge is 0.480 e. The number of ether oxygens (including phenoxy) is 1. The van der Waals surface area contributed by atoms with E-state index >= 15 is 0 Å². The molecule has 1 aromatic carbocycles. The Bertz CT molecular complexity index is 515. The van der Waals surface area contributed by atoms with Crippen molar-refractivity contribution in [2.75, 3.05) is 19.7 Å². The fourth-order valence-electron chi connectivity index (χ4n) is 1.86. The Kier molecular flexibility index (Phi) is 7.28.